The molecule has 0 aliphatic heterocycles. The number of hydrogen-bond donors (Lipinski definition) is 0. The Morgan fingerprint density at radius 1 is 1.53 bits per heavy atom. The minimum atomic E-state index is -3.72. The van der Waals surface area contributed by atoms with Crippen molar-refractivity contribution >= 4 is 35.7 Å². The van der Waals surface area contributed by atoms with E-state index >= 15 is 0 Å². The van der Waals surface area contributed by atoms with Crippen LogP contribution in [0.2, 0.25) is 0 Å². The van der Waals surface area contributed by atoms with Gasteiger partial charge in [-0.05, 0) is 27.6 Å². The molecule has 7 heteroatoms. The van der Waals surface area contributed by atoms with Gasteiger partial charge in [0.1, 0.15) is 11.6 Å². The van der Waals surface area contributed by atoms with Crippen molar-refractivity contribution in [2.45, 2.75) is 5.75 Å². The summed E-state index contributed by atoms with van der Waals surface area (Å²) < 4.78 is 40.0. The van der Waals surface area contributed by atoms with Gasteiger partial charge in [0.05, 0.1) is 17.3 Å². The highest BCUT2D eigenvalue weighted by molar-refractivity contribution is 9.10. The average Bonchev–Trinajstić information content (AvgIpc) is 2.08. The molecule has 0 amide bonds. The molecule has 0 unspecified atom stereocenters. The van der Waals surface area contributed by atoms with Gasteiger partial charge in [0.25, 0.3) is 0 Å². The fourth-order valence-electron chi connectivity index (χ4n) is 1.06. The van der Waals surface area contributed by atoms with Crippen molar-refractivity contribution in [2.75, 3.05) is 7.11 Å². The molecule has 1 rings (SSSR count). The Bertz CT molecular complexity index is 475. The summed E-state index contributed by atoms with van der Waals surface area (Å²) in [6.45, 7) is 0. The lowest BCUT2D eigenvalue weighted by molar-refractivity contribution is 0.408. The molecule has 0 aliphatic rings. The monoisotopic (exact) mass is 316 g/mol. The maximum atomic E-state index is 13.0. The summed E-state index contributed by atoms with van der Waals surface area (Å²) >= 11 is 3.11. The van der Waals surface area contributed by atoms with E-state index in [4.69, 9.17) is 15.4 Å². The normalized spacial score (nSPS) is 11.5. The fraction of sp³-hybridized carbons (Fsp3) is 0.250. The third-order valence-corrected chi connectivity index (χ3v) is 3.51. The lowest BCUT2D eigenvalue weighted by Gasteiger charge is -2.07. The average molecular weight is 318 g/mol. The van der Waals surface area contributed by atoms with Crippen LogP contribution in [0, 0.1) is 5.82 Å². The summed E-state index contributed by atoms with van der Waals surface area (Å²) in [5, 5.41) is 0. The molecule has 0 bridgehead atoms. The summed E-state index contributed by atoms with van der Waals surface area (Å²) in [5.74, 6) is -0.806. The van der Waals surface area contributed by atoms with Gasteiger partial charge in [0.15, 0.2) is 0 Å². The minimum absolute atomic E-state index is 0.224. The number of ether oxygens (including phenoxy) is 1. The maximum absolute atomic E-state index is 13.0. The molecule has 0 fully saturated rings. The van der Waals surface area contributed by atoms with E-state index in [0.717, 1.165) is 12.1 Å². The van der Waals surface area contributed by atoms with Gasteiger partial charge in [0, 0.05) is 16.7 Å². The van der Waals surface area contributed by atoms with Crippen molar-refractivity contribution in [2.24, 2.45) is 0 Å². The van der Waals surface area contributed by atoms with Gasteiger partial charge in [-0.25, -0.2) is 12.8 Å². The zero-order chi connectivity index (χ0) is 11.6. The van der Waals surface area contributed by atoms with Gasteiger partial charge < -0.3 is 4.74 Å². The van der Waals surface area contributed by atoms with E-state index in [2.05, 4.69) is 15.9 Å². The summed E-state index contributed by atoms with van der Waals surface area (Å²) in [6.07, 6.45) is 0. The molecule has 0 aliphatic carbocycles. The zero-order valence-corrected chi connectivity index (χ0v) is 10.8. The summed E-state index contributed by atoms with van der Waals surface area (Å²) in [4.78, 5) is 0. The predicted molar refractivity (Wildman–Crippen MR) is 59.1 cm³/mol. The molecule has 1 aromatic carbocycles. The smallest absolute Gasteiger partial charge is 0.236 e. The second kappa shape index (κ2) is 4.67. The number of hydrogen-bond acceptors (Lipinski definition) is 3. The molecule has 84 valence electrons. The topological polar surface area (TPSA) is 43.4 Å². The highest BCUT2D eigenvalue weighted by Gasteiger charge is 2.15. The van der Waals surface area contributed by atoms with Crippen LogP contribution in [0.25, 0.3) is 0 Å². The van der Waals surface area contributed by atoms with Crippen LogP contribution in [0.3, 0.4) is 0 Å². The first-order valence-electron chi connectivity index (χ1n) is 3.77. The predicted octanol–water partition coefficient (Wildman–Crippen LogP) is 2.67. The lowest BCUT2D eigenvalue weighted by Crippen LogP contribution is -1.99. The molecule has 1 aromatic rings. The number of benzene rings is 1. The molecular weight excluding hydrogens is 311 g/mol. The van der Waals surface area contributed by atoms with E-state index in [-0.39, 0.29) is 11.3 Å². The van der Waals surface area contributed by atoms with Crippen molar-refractivity contribution in [3.05, 3.63) is 28.0 Å². The Kier molecular flexibility index (Phi) is 3.97. The van der Waals surface area contributed by atoms with Crippen LogP contribution in [0.1, 0.15) is 5.56 Å². The number of rotatable bonds is 3. The lowest BCUT2D eigenvalue weighted by atomic mass is 10.2. The highest BCUT2D eigenvalue weighted by Crippen LogP contribution is 2.31. The van der Waals surface area contributed by atoms with Gasteiger partial charge >= 0.3 is 0 Å². The molecule has 0 saturated heterocycles. The molecule has 0 atom stereocenters. The second-order valence-electron chi connectivity index (χ2n) is 2.76. The Morgan fingerprint density at radius 2 is 2.13 bits per heavy atom. The molecule has 15 heavy (non-hydrogen) atoms. The van der Waals surface area contributed by atoms with E-state index in [1.54, 1.807) is 0 Å². The molecule has 0 aromatic heterocycles. The Hall–Kier alpha value is -0.330. The Morgan fingerprint density at radius 3 is 2.60 bits per heavy atom. The third-order valence-electron chi connectivity index (χ3n) is 1.63. The molecule has 0 saturated carbocycles. The summed E-state index contributed by atoms with van der Waals surface area (Å²) in [6, 6.07) is 2.24. The van der Waals surface area contributed by atoms with Crippen LogP contribution in [0.15, 0.2) is 16.6 Å². The van der Waals surface area contributed by atoms with Crippen LogP contribution in [0.5, 0.6) is 5.75 Å². The largest absolute Gasteiger partial charge is 0.495 e. The van der Waals surface area contributed by atoms with Crippen molar-refractivity contribution in [1.82, 2.24) is 0 Å². The van der Waals surface area contributed by atoms with Crippen molar-refractivity contribution in [3.8, 4) is 5.75 Å². The quantitative estimate of drug-likeness (QED) is 0.805. The van der Waals surface area contributed by atoms with E-state index in [0.29, 0.717) is 4.47 Å². The second-order valence-corrected chi connectivity index (χ2v) is 6.33. The number of halogens is 3. The van der Waals surface area contributed by atoms with Gasteiger partial charge in [-0.15, -0.1) is 0 Å². The van der Waals surface area contributed by atoms with Crippen molar-refractivity contribution in [3.63, 3.8) is 0 Å². The van der Waals surface area contributed by atoms with Crippen LogP contribution < -0.4 is 4.74 Å². The zero-order valence-electron chi connectivity index (χ0n) is 7.63. The van der Waals surface area contributed by atoms with E-state index in [1.165, 1.54) is 7.11 Å². The van der Waals surface area contributed by atoms with Crippen LogP contribution in [-0.4, -0.2) is 15.5 Å². The van der Waals surface area contributed by atoms with Crippen molar-refractivity contribution in [1.29, 1.82) is 0 Å². The summed E-state index contributed by atoms with van der Waals surface area (Å²) in [5.41, 5.74) is 0.224. The van der Waals surface area contributed by atoms with Gasteiger partial charge in [-0.1, -0.05) is 0 Å². The highest BCUT2D eigenvalue weighted by atomic mass is 79.9. The maximum Gasteiger partial charge on any atom is 0.236 e. The molecule has 0 heterocycles. The SMILES string of the molecule is COc1cc(F)cc(CS(=O)(=O)Cl)c1Br. The Balaban J connectivity index is 3.24. The summed E-state index contributed by atoms with van der Waals surface area (Å²) in [7, 11) is 2.71. The van der Waals surface area contributed by atoms with E-state index in [1.807, 2.05) is 0 Å². The van der Waals surface area contributed by atoms with E-state index < -0.39 is 20.6 Å². The molecule has 0 spiro atoms. The first-order valence-corrected chi connectivity index (χ1v) is 7.05. The standard InChI is InChI=1S/C8H7BrClFO3S/c1-14-7-3-6(11)2-5(8(7)9)4-15(10,12)13/h2-3H,4H2,1H3. The molecule has 0 radical (unpaired) electrons. The van der Waals surface area contributed by atoms with Gasteiger partial charge in [-0.3, -0.25) is 0 Å². The first-order chi connectivity index (χ1) is 6.83. The van der Waals surface area contributed by atoms with Crippen molar-refractivity contribution < 1.29 is 17.5 Å². The van der Waals surface area contributed by atoms with Gasteiger partial charge in [0.2, 0.25) is 9.05 Å². The van der Waals surface area contributed by atoms with Gasteiger partial charge in [-0.2, -0.15) is 0 Å². The van der Waals surface area contributed by atoms with Crippen LogP contribution in [-0.2, 0) is 14.8 Å². The first kappa shape index (κ1) is 12.7. The van der Waals surface area contributed by atoms with Crippen LogP contribution >= 0.6 is 26.6 Å². The molecular formula is C8H7BrClFO3S. The Labute approximate surface area is 99.7 Å². The minimum Gasteiger partial charge on any atom is -0.495 e. The fourth-order valence-corrected chi connectivity index (χ4v) is 2.73. The number of methoxy groups -OCH3 is 1. The molecule has 0 N–H and O–H groups in total. The molecule has 3 nitrogen and oxygen atoms in total. The third kappa shape index (κ3) is 3.62. The van der Waals surface area contributed by atoms with Crippen LogP contribution in [0.4, 0.5) is 4.39 Å². The van der Waals surface area contributed by atoms with E-state index in [9.17, 15) is 12.8 Å².